The van der Waals surface area contributed by atoms with Gasteiger partial charge in [0.2, 0.25) is 5.95 Å². The van der Waals surface area contributed by atoms with Crippen molar-refractivity contribution in [1.82, 2.24) is 23.6 Å². The van der Waals surface area contributed by atoms with E-state index in [4.69, 9.17) is 16.6 Å². The Labute approximate surface area is 210 Å². The van der Waals surface area contributed by atoms with Crippen LogP contribution < -0.4 is 16.1 Å². The zero-order valence-corrected chi connectivity index (χ0v) is 20.6. The van der Waals surface area contributed by atoms with Crippen LogP contribution in [0.15, 0.2) is 58.1 Å². The van der Waals surface area contributed by atoms with E-state index in [-0.39, 0.29) is 17.1 Å². The van der Waals surface area contributed by atoms with Gasteiger partial charge in [0.25, 0.3) is 11.5 Å². The number of amides is 1. The van der Waals surface area contributed by atoms with Gasteiger partial charge in [-0.25, -0.2) is 9.18 Å². The molecule has 186 valence electrons. The minimum absolute atomic E-state index is 0.0411. The molecule has 0 N–H and O–H groups in total. The van der Waals surface area contributed by atoms with Crippen LogP contribution in [0.2, 0.25) is 5.02 Å². The van der Waals surface area contributed by atoms with E-state index in [1.165, 1.54) is 23.7 Å². The number of benzene rings is 2. The fourth-order valence-electron chi connectivity index (χ4n) is 4.51. The molecule has 3 heterocycles. The standard InChI is InChI=1S/C25H24ClFN6O3/c1-29-21-20(23(35)30(2)25(29)36)33(15-16-7-9-17(26)10-8-16)24(28-21)32-13-11-31(12-14-32)22(34)18-5-3-4-6-19(18)27/h3-10H,11-15H2,1-2H3. The van der Waals surface area contributed by atoms with Gasteiger partial charge in [-0.2, -0.15) is 4.98 Å². The van der Waals surface area contributed by atoms with Crippen molar-refractivity contribution in [2.24, 2.45) is 14.1 Å². The number of aromatic nitrogens is 4. The number of fused-ring (bicyclic) bond motifs is 1. The normalized spacial score (nSPS) is 14.0. The first-order valence-electron chi connectivity index (χ1n) is 11.5. The van der Waals surface area contributed by atoms with E-state index >= 15 is 0 Å². The van der Waals surface area contributed by atoms with Gasteiger partial charge >= 0.3 is 5.69 Å². The fourth-order valence-corrected chi connectivity index (χ4v) is 4.64. The van der Waals surface area contributed by atoms with Crippen LogP contribution in [0.1, 0.15) is 15.9 Å². The summed E-state index contributed by atoms with van der Waals surface area (Å²) in [6, 6.07) is 13.2. The summed E-state index contributed by atoms with van der Waals surface area (Å²) in [5.74, 6) is -0.388. The molecule has 0 unspecified atom stereocenters. The molecule has 36 heavy (non-hydrogen) atoms. The van der Waals surface area contributed by atoms with E-state index in [9.17, 15) is 18.8 Å². The number of halogens is 2. The van der Waals surface area contributed by atoms with Gasteiger partial charge < -0.3 is 9.80 Å². The molecule has 0 bridgehead atoms. The zero-order chi connectivity index (χ0) is 25.6. The third-order valence-electron chi connectivity index (χ3n) is 6.54. The zero-order valence-electron chi connectivity index (χ0n) is 19.8. The highest BCUT2D eigenvalue weighted by atomic mass is 35.5. The number of carbonyl (C=O) groups is 1. The average Bonchev–Trinajstić information content (AvgIpc) is 3.26. The minimum Gasteiger partial charge on any atom is -0.339 e. The third kappa shape index (κ3) is 4.07. The summed E-state index contributed by atoms with van der Waals surface area (Å²) in [6.07, 6.45) is 0. The molecule has 5 rings (SSSR count). The quantitative estimate of drug-likeness (QED) is 0.420. The summed E-state index contributed by atoms with van der Waals surface area (Å²) in [7, 11) is 3.02. The van der Waals surface area contributed by atoms with Crippen LogP contribution in [0.4, 0.5) is 10.3 Å². The second kappa shape index (κ2) is 9.27. The highest BCUT2D eigenvalue weighted by Crippen LogP contribution is 2.24. The van der Waals surface area contributed by atoms with Crippen LogP contribution in [0.25, 0.3) is 11.2 Å². The first-order valence-corrected chi connectivity index (χ1v) is 11.8. The SMILES string of the molecule is Cn1c(=O)c2c(nc(N3CCN(C(=O)c4ccccc4F)CC3)n2Cc2ccc(Cl)cc2)n(C)c1=O. The number of imidazole rings is 1. The first kappa shape index (κ1) is 23.8. The van der Waals surface area contributed by atoms with E-state index in [0.717, 1.165) is 10.1 Å². The largest absolute Gasteiger partial charge is 0.339 e. The Kier molecular flexibility index (Phi) is 6.13. The molecular weight excluding hydrogens is 487 g/mol. The minimum atomic E-state index is -0.550. The van der Waals surface area contributed by atoms with Crippen molar-refractivity contribution in [1.29, 1.82) is 0 Å². The number of carbonyl (C=O) groups excluding carboxylic acids is 1. The van der Waals surface area contributed by atoms with E-state index in [1.807, 2.05) is 17.0 Å². The van der Waals surface area contributed by atoms with Crippen LogP contribution in [-0.2, 0) is 20.6 Å². The number of hydrogen-bond donors (Lipinski definition) is 0. The maximum absolute atomic E-state index is 14.1. The lowest BCUT2D eigenvalue weighted by molar-refractivity contribution is 0.0741. The summed E-state index contributed by atoms with van der Waals surface area (Å²) >= 11 is 6.04. The molecule has 0 atom stereocenters. The fraction of sp³-hybridized carbons (Fsp3) is 0.280. The van der Waals surface area contributed by atoms with Crippen LogP contribution >= 0.6 is 11.6 Å². The predicted molar refractivity (Wildman–Crippen MR) is 135 cm³/mol. The molecule has 1 amide bonds. The van der Waals surface area contributed by atoms with Gasteiger partial charge in [0.15, 0.2) is 11.2 Å². The van der Waals surface area contributed by atoms with Gasteiger partial charge in [-0.1, -0.05) is 35.9 Å². The number of hydrogen-bond acceptors (Lipinski definition) is 5. The molecular formula is C25H24ClFN6O3. The Hall–Kier alpha value is -3.92. The lowest BCUT2D eigenvalue weighted by Gasteiger charge is -2.35. The van der Waals surface area contributed by atoms with Gasteiger partial charge in [-0.05, 0) is 29.8 Å². The lowest BCUT2D eigenvalue weighted by Crippen LogP contribution is -2.49. The summed E-state index contributed by atoms with van der Waals surface area (Å²) in [4.78, 5) is 46.8. The number of anilines is 1. The number of aryl methyl sites for hydroxylation is 1. The summed E-state index contributed by atoms with van der Waals surface area (Å²) < 4.78 is 18.4. The molecule has 11 heteroatoms. The molecule has 4 aromatic rings. The van der Waals surface area contributed by atoms with Crippen LogP contribution in [0.5, 0.6) is 0 Å². The Bertz CT molecular complexity index is 1580. The molecule has 0 spiro atoms. The molecule has 2 aromatic carbocycles. The Morgan fingerprint density at radius 1 is 0.972 bits per heavy atom. The van der Waals surface area contributed by atoms with E-state index < -0.39 is 17.1 Å². The number of nitrogens with zero attached hydrogens (tertiary/aromatic N) is 6. The van der Waals surface area contributed by atoms with Crippen LogP contribution in [-0.4, -0.2) is 55.7 Å². The van der Waals surface area contributed by atoms with Crippen molar-refractivity contribution < 1.29 is 9.18 Å². The molecule has 1 aliphatic rings. The van der Waals surface area contributed by atoms with Crippen LogP contribution in [0, 0.1) is 5.82 Å². The summed E-state index contributed by atoms with van der Waals surface area (Å²) in [5, 5.41) is 0.600. The number of piperazine rings is 1. The number of rotatable bonds is 4. The Morgan fingerprint density at radius 3 is 2.31 bits per heavy atom. The van der Waals surface area contributed by atoms with E-state index in [2.05, 4.69) is 0 Å². The van der Waals surface area contributed by atoms with Crippen molar-refractivity contribution in [2.75, 3.05) is 31.1 Å². The van der Waals surface area contributed by atoms with Crippen molar-refractivity contribution in [3.63, 3.8) is 0 Å². The second-order valence-corrected chi connectivity index (χ2v) is 9.20. The lowest BCUT2D eigenvalue weighted by atomic mass is 10.1. The van der Waals surface area contributed by atoms with Crippen molar-refractivity contribution in [3.8, 4) is 0 Å². The highest BCUT2D eigenvalue weighted by molar-refractivity contribution is 6.30. The maximum Gasteiger partial charge on any atom is 0.332 e. The summed E-state index contributed by atoms with van der Waals surface area (Å²) in [6.45, 7) is 1.91. The Morgan fingerprint density at radius 2 is 1.64 bits per heavy atom. The van der Waals surface area contributed by atoms with Crippen LogP contribution in [0.3, 0.4) is 0 Å². The van der Waals surface area contributed by atoms with Gasteiger partial charge in [0.1, 0.15) is 5.82 Å². The highest BCUT2D eigenvalue weighted by Gasteiger charge is 2.28. The van der Waals surface area contributed by atoms with E-state index in [1.54, 1.807) is 40.8 Å². The molecule has 0 aliphatic carbocycles. The first-order chi connectivity index (χ1) is 17.3. The molecule has 1 saturated heterocycles. The molecule has 1 aliphatic heterocycles. The second-order valence-electron chi connectivity index (χ2n) is 8.76. The molecule has 9 nitrogen and oxygen atoms in total. The third-order valence-corrected chi connectivity index (χ3v) is 6.79. The van der Waals surface area contributed by atoms with Gasteiger partial charge in [-0.15, -0.1) is 0 Å². The smallest absolute Gasteiger partial charge is 0.332 e. The summed E-state index contributed by atoms with van der Waals surface area (Å²) in [5.41, 5.74) is 0.652. The predicted octanol–water partition coefficient (Wildman–Crippen LogP) is 2.24. The molecule has 2 aromatic heterocycles. The van der Waals surface area contributed by atoms with Crippen molar-refractivity contribution in [3.05, 3.63) is 91.3 Å². The molecule has 0 saturated carbocycles. The molecule has 0 radical (unpaired) electrons. The average molecular weight is 511 g/mol. The van der Waals surface area contributed by atoms with Crippen molar-refractivity contribution >= 4 is 34.6 Å². The van der Waals surface area contributed by atoms with Gasteiger partial charge in [-0.3, -0.25) is 23.3 Å². The molecule has 1 fully saturated rings. The van der Waals surface area contributed by atoms with Crippen molar-refractivity contribution in [2.45, 2.75) is 6.54 Å². The Balaban J connectivity index is 1.51. The topological polar surface area (TPSA) is 85.4 Å². The van der Waals surface area contributed by atoms with E-state index in [0.29, 0.717) is 49.2 Å². The van der Waals surface area contributed by atoms with Gasteiger partial charge in [0, 0.05) is 45.3 Å². The maximum atomic E-state index is 14.1. The monoisotopic (exact) mass is 510 g/mol. The van der Waals surface area contributed by atoms with Gasteiger partial charge in [0.05, 0.1) is 12.1 Å².